The van der Waals surface area contributed by atoms with E-state index in [-0.39, 0.29) is 25.5 Å². The van der Waals surface area contributed by atoms with Gasteiger partial charge >= 0.3 is 27.8 Å². The van der Waals surface area contributed by atoms with Crippen LogP contribution in [0.15, 0.2) is 54.6 Å². The number of carbonyl (C=O) groups is 2. The molecule has 1 heterocycles. The van der Waals surface area contributed by atoms with Crippen molar-refractivity contribution in [3.63, 3.8) is 0 Å². The van der Waals surface area contributed by atoms with Gasteiger partial charge in [-0.25, -0.2) is 9.59 Å². The van der Waals surface area contributed by atoms with Crippen molar-refractivity contribution in [2.24, 2.45) is 5.92 Å². The van der Waals surface area contributed by atoms with Crippen molar-refractivity contribution in [1.29, 1.82) is 0 Å². The highest BCUT2D eigenvalue weighted by molar-refractivity contribution is 7.88. The summed E-state index contributed by atoms with van der Waals surface area (Å²) in [6.45, 7) is 12.9. The molecule has 0 saturated carbocycles. The van der Waals surface area contributed by atoms with E-state index in [4.69, 9.17) is 14.2 Å². The van der Waals surface area contributed by atoms with Crippen molar-refractivity contribution in [2.45, 2.75) is 90.5 Å². The molecule has 0 unspecified atom stereocenters. The second-order valence-electron chi connectivity index (χ2n) is 12.7. The molecule has 0 radical (unpaired) electrons. The Morgan fingerprint density at radius 1 is 1.00 bits per heavy atom. The first-order chi connectivity index (χ1) is 20.7. The van der Waals surface area contributed by atoms with E-state index in [1.165, 1.54) is 21.9 Å². The number of benzene rings is 2. The minimum absolute atomic E-state index is 0.0597. The summed E-state index contributed by atoms with van der Waals surface area (Å²) < 4.78 is 83.1. The largest absolute Gasteiger partial charge is 0.534 e. The Bertz CT molecular complexity index is 1410. The van der Waals surface area contributed by atoms with E-state index in [1.807, 2.05) is 44.2 Å². The number of ether oxygens (including phenoxy) is 3. The van der Waals surface area contributed by atoms with Gasteiger partial charge in [0.05, 0.1) is 18.7 Å². The van der Waals surface area contributed by atoms with Gasteiger partial charge in [-0.1, -0.05) is 56.3 Å². The number of nitrogens with zero attached hydrogens (tertiary/aromatic N) is 2. The van der Waals surface area contributed by atoms with Crippen molar-refractivity contribution >= 4 is 22.3 Å². The zero-order valence-electron chi connectivity index (χ0n) is 26.5. The Labute approximate surface area is 262 Å². The van der Waals surface area contributed by atoms with Gasteiger partial charge in [0.2, 0.25) is 0 Å². The fourth-order valence-corrected chi connectivity index (χ4v) is 5.37. The van der Waals surface area contributed by atoms with E-state index >= 15 is 0 Å². The third kappa shape index (κ3) is 9.98. The van der Waals surface area contributed by atoms with Crippen LogP contribution in [0.2, 0.25) is 0 Å². The quantitative estimate of drug-likeness (QED) is 0.210. The first-order valence-corrected chi connectivity index (χ1v) is 15.8. The summed E-state index contributed by atoms with van der Waals surface area (Å²) in [5, 5.41) is 0. The van der Waals surface area contributed by atoms with Gasteiger partial charge in [0.1, 0.15) is 23.7 Å². The maximum atomic E-state index is 13.5. The molecule has 45 heavy (non-hydrogen) atoms. The molecule has 1 fully saturated rings. The first-order valence-electron chi connectivity index (χ1n) is 14.4. The summed E-state index contributed by atoms with van der Waals surface area (Å²) in [7, 11) is -5.84. The molecule has 2 aromatic rings. The fourth-order valence-electron chi connectivity index (χ4n) is 4.91. The van der Waals surface area contributed by atoms with Gasteiger partial charge < -0.3 is 23.3 Å². The predicted molar refractivity (Wildman–Crippen MR) is 160 cm³/mol. The lowest BCUT2D eigenvalue weighted by molar-refractivity contribution is -0.0828. The number of rotatable bonds is 10. The van der Waals surface area contributed by atoms with Crippen LogP contribution in [0, 0.1) is 5.92 Å². The van der Waals surface area contributed by atoms with Crippen molar-refractivity contribution in [3.8, 4) is 5.75 Å². The highest BCUT2D eigenvalue weighted by Gasteiger charge is 2.52. The van der Waals surface area contributed by atoms with Crippen molar-refractivity contribution in [1.82, 2.24) is 9.80 Å². The topological polar surface area (TPSA) is 112 Å². The molecule has 2 atom stereocenters. The average molecular weight is 659 g/mol. The van der Waals surface area contributed by atoms with Gasteiger partial charge in [-0.3, -0.25) is 4.90 Å². The smallest absolute Gasteiger partial charge is 0.445 e. The van der Waals surface area contributed by atoms with E-state index in [1.54, 1.807) is 34.6 Å². The molecule has 14 heteroatoms. The number of hydrogen-bond donors (Lipinski definition) is 0. The monoisotopic (exact) mass is 658 g/mol. The molecule has 1 aliphatic heterocycles. The summed E-state index contributed by atoms with van der Waals surface area (Å²) in [6, 6.07) is 13.5. The number of amides is 2. The number of alkyl halides is 3. The van der Waals surface area contributed by atoms with Crippen LogP contribution in [-0.2, 0) is 37.4 Å². The van der Waals surface area contributed by atoms with Gasteiger partial charge in [0.25, 0.3) is 0 Å². The summed E-state index contributed by atoms with van der Waals surface area (Å²) in [5.41, 5.74) is -6.22. The fraction of sp³-hybridized carbons (Fsp3) is 0.548. The Kier molecular flexibility index (Phi) is 11.1. The van der Waals surface area contributed by atoms with Gasteiger partial charge in [0.15, 0.2) is 0 Å². The van der Waals surface area contributed by atoms with Crippen LogP contribution < -0.4 is 4.18 Å². The number of halogens is 3. The van der Waals surface area contributed by atoms with Crippen LogP contribution in [-0.4, -0.2) is 72.5 Å². The Hall–Kier alpha value is -3.52. The second-order valence-corrected chi connectivity index (χ2v) is 14.2. The zero-order chi connectivity index (χ0) is 33.8. The van der Waals surface area contributed by atoms with E-state index in [2.05, 4.69) is 4.18 Å². The van der Waals surface area contributed by atoms with Gasteiger partial charge in [-0.2, -0.15) is 21.6 Å². The Morgan fingerprint density at radius 2 is 1.60 bits per heavy atom. The third-order valence-electron chi connectivity index (χ3n) is 6.68. The lowest BCUT2D eigenvalue weighted by atomic mass is 9.99. The molecular formula is C31H41F3N2O8S. The molecule has 250 valence electrons. The summed E-state index contributed by atoms with van der Waals surface area (Å²) >= 11 is 0. The lowest BCUT2D eigenvalue weighted by Crippen LogP contribution is -2.52. The zero-order valence-corrected chi connectivity index (χ0v) is 27.3. The first kappa shape index (κ1) is 36.0. The van der Waals surface area contributed by atoms with E-state index < -0.39 is 57.0 Å². The average Bonchev–Trinajstić information content (AvgIpc) is 3.15. The highest BCUT2D eigenvalue weighted by atomic mass is 32.2. The molecule has 0 aromatic heterocycles. The van der Waals surface area contributed by atoms with E-state index in [0.29, 0.717) is 12.1 Å². The maximum Gasteiger partial charge on any atom is 0.534 e. The van der Waals surface area contributed by atoms with E-state index in [9.17, 15) is 31.2 Å². The normalized spacial score (nSPS) is 18.5. The van der Waals surface area contributed by atoms with Crippen LogP contribution in [0.5, 0.6) is 5.75 Å². The molecule has 2 aromatic carbocycles. The SMILES string of the molecule is CC(C)CN(C[C@H]1OC(C)(C)N(C(=O)OC(C)(C)C)[C@H]1Cc1ccc(OS(=O)(=O)C(F)(F)F)cc1)C(=O)OCc1ccccc1. The Morgan fingerprint density at radius 3 is 2.13 bits per heavy atom. The summed E-state index contributed by atoms with van der Waals surface area (Å²) in [6.07, 6.45) is -1.81. The molecule has 10 nitrogen and oxygen atoms in total. The van der Waals surface area contributed by atoms with Crippen LogP contribution in [0.3, 0.4) is 0 Å². The summed E-state index contributed by atoms with van der Waals surface area (Å²) in [4.78, 5) is 29.8. The molecule has 0 N–H and O–H groups in total. The van der Waals surface area contributed by atoms with Crippen molar-refractivity contribution < 1.29 is 49.6 Å². The number of carbonyl (C=O) groups excluding carboxylic acids is 2. The van der Waals surface area contributed by atoms with Crippen LogP contribution in [0.4, 0.5) is 22.8 Å². The summed E-state index contributed by atoms with van der Waals surface area (Å²) in [5.74, 6) is -0.450. The maximum absolute atomic E-state index is 13.5. The molecular weight excluding hydrogens is 617 g/mol. The van der Waals surface area contributed by atoms with E-state index in [0.717, 1.165) is 17.7 Å². The molecule has 0 aliphatic carbocycles. The molecule has 0 spiro atoms. The number of hydrogen-bond acceptors (Lipinski definition) is 8. The van der Waals surface area contributed by atoms with Crippen LogP contribution in [0.25, 0.3) is 0 Å². The molecule has 0 bridgehead atoms. The second kappa shape index (κ2) is 13.9. The predicted octanol–water partition coefficient (Wildman–Crippen LogP) is 6.49. The van der Waals surface area contributed by atoms with Gasteiger partial charge in [0, 0.05) is 6.54 Å². The highest BCUT2D eigenvalue weighted by Crippen LogP contribution is 2.36. The standard InChI is InChI=1S/C31H41F3N2O8S/c1-21(2)18-35(27(37)41-20-23-11-9-8-10-12-23)19-26-25(36(30(6,7)42-26)28(38)43-29(3,4)5)17-22-13-15-24(16-14-22)44-45(39,40)31(32,33)34/h8-16,21,25-26H,17-20H2,1-7H3/t25-,26+/m0/s1. The van der Waals surface area contributed by atoms with Gasteiger partial charge in [-0.15, -0.1) is 0 Å². The third-order valence-corrected chi connectivity index (χ3v) is 7.66. The van der Waals surface area contributed by atoms with Crippen LogP contribution >= 0.6 is 0 Å². The molecule has 2 amide bonds. The van der Waals surface area contributed by atoms with Crippen molar-refractivity contribution in [3.05, 3.63) is 65.7 Å². The van der Waals surface area contributed by atoms with Gasteiger partial charge in [-0.05, 0) is 70.2 Å². The minimum atomic E-state index is -5.84. The molecule has 1 saturated heterocycles. The Balaban J connectivity index is 1.90. The minimum Gasteiger partial charge on any atom is -0.445 e. The van der Waals surface area contributed by atoms with Crippen molar-refractivity contribution in [2.75, 3.05) is 13.1 Å². The molecule has 3 rings (SSSR count). The molecule has 1 aliphatic rings. The van der Waals surface area contributed by atoms with Crippen LogP contribution in [0.1, 0.15) is 59.6 Å². The lowest BCUT2D eigenvalue weighted by Gasteiger charge is -2.35.